The van der Waals surface area contributed by atoms with Crippen LogP contribution < -0.4 is 24.6 Å². The number of aromatic nitrogens is 6. The molecule has 0 saturated carbocycles. The maximum absolute atomic E-state index is 14.5. The number of halogens is 2. The molecule has 90 heavy (non-hydrogen) atoms. The van der Waals surface area contributed by atoms with E-state index in [0.717, 1.165) is 18.2 Å². The number of aromatic hydroxyl groups is 2. The van der Waals surface area contributed by atoms with Gasteiger partial charge in [-0.3, -0.25) is 13.7 Å². The topological polar surface area (TPSA) is 406 Å². The van der Waals surface area contributed by atoms with Crippen molar-refractivity contribution in [3.05, 3.63) is 120 Å². The SMILES string of the molecule is CCCS(=O)Oc1ccc(N=Nc2c(C)cc3cc(S(=O)(=O)O)cc(Nc4nc(F)nc(N5CCOCC5)n4)c3c2O)cc1.Cc1cc2cc(S(=O)(=O)O)cc(Nc3nc(F)nc(N4CCOCC4)n3)c2c(O)c1N=Nc1ccc2ccccc2c1S(=O)(=O)O. The highest BCUT2D eigenvalue weighted by atomic mass is 32.2. The molecule has 7 aromatic carbocycles. The van der Waals surface area contributed by atoms with E-state index in [9.17, 15) is 62.1 Å². The molecule has 2 fully saturated rings. The van der Waals surface area contributed by atoms with Crippen molar-refractivity contribution in [2.45, 2.75) is 41.9 Å². The molecule has 2 aliphatic rings. The number of rotatable bonds is 17. The molecule has 9 aromatic rings. The summed E-state index contributed by atoms with van der Waals surface area (Å²) in [6.45, 7) is 8.22. The first-order chi connectivity index (χ1) is 42.8. The van der Waals surface area contributed by atoms with E-state index in [4.69, 9.17) is 13.7 Å². The lowest BCUT2D eigenvalue weighted by molar-refractivity contribution is 0.122. The third-order valence-electron chi connectivity index (χ3n) is 13.6. The van der Waals surface area contributed by atoms with E-state index in [0.29, 0.717) is 87.2 Å². The Morgan fingerprint density at radius 2 is 1.07 bits per heavy atom. The number of azo groups is 2. The second-order valence-electron chi connectivity index (χ2n) is 19.9. The van der Waals surface area contributed by atoms with Crippen LogP contribution in [0.1, 0.15) is 24.5 Å². The third kappa shape index (κ3) is 14.8. The molecule has 11 rings (SSSR count). The van der Waals surface area contributed by atoms with Crippen molar-refractivity contribution < 1.29 is 75.8 Å². The Morgan fingerprint density at radius 1 is 0.589 bits per heavy atom. The van der Waals surface area contributed by atoms with Crippen molar-refractivity contribution in [3.63, 3.8) is 0 Å². The van der Waals surface area contributed by atoms with Crippen LogP contribution in [0.2, 0.25) is 0 Å². The lowest BCUT2D eigenvalue weighted by Gasteiger charge is -2.26. The lowest BCUT2D eigenvalue weighted by atomic mass is 10.0. The highest BCUT2D eigenvalue weighted by Gasteiger charge is 2.26. The van der Waals surface area contributed by atoms with Crippen molar-refractivity contribution in [1.29, 1.82) is 0 Å². The minimum absolute atomic E-state index is 0.00637. The summed E-state index contributed by atoms with van der Waals surface area (Å²) in [5, 5.41) is 46.0. The number of phenolic OH excluding ortho intramolecular Hbond substituents is 2. The Kier molecular flexibility index (Phi) is 18.8. The summed E-state index contributed by atoms with van der Waals surface area (Å²) in [6.07, 6.45) is -1.50. The Labute approximate surface area is 513 Å². The number of nitrogens with zero attached hydrogens (tertiary/aromatic N) is 12. The quantitative estimate of drug-likeness (QED) is 0.0329. The number of nitrogens with one attached hydrogen (secondary N) is 2. The summed E-state index contributed by atoms with van der Waals surface area (Å²) in [7, 11) is -14.2. The fraction of sp³-hybridized carbons (Fsp3) is 0.236. The van der Waals surface area contributed by atoms with Crippen LogP contribution in [0.3, 0.4) is 0 Å². The summed E-state index contributed by atoms with van der Waals surface area (Å²) in [4.78, 5) is 25.2. The van der Waals surface area contributed by atoms with Crippen LogP contribution in [0.5, 0.6) is 17.2 Å². The molecule has 1 atom stereocenters. The lowest BCUT2D eigenvalue weighted by Crippen LogP contribution is -2.37. The Hall–Kier alpha value is -9.20. The molecule has 0 amide bonds. The normalized spacial score (nSPS) is 14.5. The van der Waals surface area contributed by atoms with Crippen molar-refractivity contribution in [3.8, 4) is 17.2 Å². The van der Waals surface area contributed by atoms with Gasteiger partial charge in [-0.1, -0.05) is 37.3 Å². The largest absolute Gasteiger partial charge is 0.505 e. The number of benzene rings is 7. The van der Waals surface area contributed by atoms with E-state index in [2.05, 4.69) is 61.0 Å². The van der Waals surface area contributed by atoms with E-state index < -0.39 is 74.0 Å². The number of hydrogen-bond acceptors (Lipinski definition) is 26. The molecule has 0 bridgehead atoms. The zero-order chi connectivity index (χ0) is 64.2. The van der Waals surface area contributed by atoms with Crippen molar-refractivity contribution in [1.82, 2.24) is 29.9 Å². The molecule has 0 radical (unpaired) electrons. The standard InChI is InChI=1S/C28H24FN7O8S2.C27H28FN7O7S2/c1-15-12-17-13-18(45(38,39)40)14-21(30-27-31-26(29)32-28(33-27)36-8-10-44-11-9-36)22(17)24(37)23(15)35-34-20-7-6-16-4-2-3-5-19(16)25(20)46(41,42)43;1-3-12-43(37)42-19-6-4-18(5-7-19)33-34-23-16(2)13-17-14-20(44(38,39)40)15-21(22(17)24(23)36)29-26-30-25(28)31-27(32-26)35-8-10-41-11-9-35/h2-7,12-14,37H,8-11H2,1H3,(H,38,39,40)(H,41,42,43)(H,30,31,32,33);4-7,13-15,36H,3,8-12H2,1-2H3,(H,38,39,40)(H,29,30,31,32). The van der Waals surface area contributed by atoms with Crippen LogP contribution in [0, 0.1) is 26.0 Å². The summed E-state index contributed by atoms with van der Waals surface area (Å²) in [5.41, 5.74) is 0.646. The highest BCUT2D eigenvalue weighted by molar-refractivity contribution is 7.86. The Bertz CT molecular complexity index is 4720. The first-order valence-electron chi connectivity index (χ1n) is 26.9. The summed E-state index contributed by atoms with van der Waals surface area (Å²) in [6, 6.07) is 23.1. The summed E-state index contributed by atoms with van der Waals surface area (Å²) < 4.78 is 160. The molecular formula is C55H52F2N14O15S4. The molecule has 2 aromatic heterocycles. The molecule has 35 heteroatoms. The Balaban J connectivity index is 0.000000198. The molecule has 29 nitrogen and oxygen atoms in total. The molecule has 1 unspecified atom stereocenters. The van der Waals surface area contributed by atoms with Crippen molar-refractivity contribution in [2.24, 2.45) is 20.5 Å². The van der Waals surface area contributed by atoms with Gasteiger partial charge in [0.1, 0.15) is 27.7 Å². The van der Waals surface area contributed by atoms with Crippen LogP contribution in [0.25, 0.3) is 32.3 Å². The number of phenols is 2. The number of hydrogen-bond donors (Lipinski definition) is 7. The number of fused-ring (bicyclic) bond motifs is 3. The van der Waals surface area contributed by atoms with Crippen molar-refractivity contribution in [2.75, 3.05) is 78.8 Å². The minimum atomic E-state index is -4.76. The Morgan fingerprint density at radius 3 is 1.53 bits per heavy atom. The molecule has 4 heterocycles. The zero-order valence-electron chi connectivity index (χ0n) is 47.4. The predicted molar refractivity (Wildman–Crippen MR) is 325 cm³/mol. The number of morpholine rings is 2. The maximum atomic E-state index is 14.5. The predicted octanol–water partition coefficient (Wildman–Crippen LogP) is 9.69. The van der Waals surface area contributed by atoms with E-state index in [1.54, 1.807) is 71.3 Å². The molecular weight excluding hydrogens is 1260 g/mol. The molecule has 0 aliphatic carbocycles. The van der Waals surface area contributed by atoms with Gasteiger partial charge in [0.25, 0.3) is 30.4 Å². The smallest absolute Gasteiger partial charge is 0.315 e. The van der Waals surface area contributed by atoms with E-state index in [1.165, 1.54) is 31.2 Å². The van der Waals surface area contributed by atoms with Gasteiger partial charge in [0, 0.05) is 42.3 Å². The fourth-order valence-electron chi connectivity index (χ4n) is 9.51. The summed E-state index contributed by atoms with van der Waals surface area (Å²) >= 11 is -1.45. The van der Waals surface area contributed by atoms with Gasteiger partial charge in [0.2, 0.25) is 34.9 Å². The van der Waals surface area contributed by atoms with Crippen LogP contribution in [-0.2, 0) is 50.9 Å². The van der Waals surface area contributed by atoms with Gasteiger partial charge in [0.05, 0.1) is 59.0 Å². The maximum Gasteiger partial charge on any atom is 0.315 e. The van der Waals surface area contributed by atoms with Crippen LogP contribution >= 0.6 is 0 Å². The van der Waals surface area contributed by atoms with E-state index in [1.807, 2.05) is 6.92 Å². The van der Waals surface area contributed by atoms with E-state index >= 15 is 0 Å². The van der Waals surface area contributed by atoms with Crippen LogP contribution in [-0.4, -0.2) is 142 Å². The number of aryl methyl sites for hydroxylation is 2. The number of ether oxygens (including phenoxy) is 2. The second kappa shape index (κ2) is 26.5. The van der Waals surface area contributed by atoms with Crippen LogP contribution in [0.15, 0.2) is 132 Å². The molecule has 7 N–H and O–H groups in total. The average molecular weight is 1320 g/mol. The van der Waals surface area contributed by atoms with Gasteiger partial charge in [-0.05, 0) is 114 Å². The highest BCUT2D eigenvalue weighted by Crippen LogP contribution is 2.46. The molecule has 470 valence electrons. The van der Waals surface area contributed by atoms with Crippen molar-refractivity contribution >= 4 is 132 Å². The average Bonchev–Trinajstić information content (AvgIpc) is 0.827. The van der Waals surface area contributed by atoms with Gasteiger partial charge in [-0.25, -0.2) is 4.21 Å². The zero-order valence-corrected chi connectivity index (χ0v) is 50.6. The van der Waals surface area contributed by atoms with Gasteiger partial charge >= 0.3 is 12.2 Å². The first kappa shape index (κ1) is 63.8. The molecule has 0 spiro atoms. The fourth-order valence-corrected chi connectivity index (χ4v) is 12.2. The van der Waals surface area contributed by atoms with Gasteiger partial charge in [-0.2, -0.15) is 69.1 Å². The molecule has 2 saturated heterocycles. The van der Waals surface area contributed by atoms with E-state index in [-0.39, 0.29) is 90.5 Å². The molecule has 2 aliphatic heterocycles. The number of anilines is 6. The van der Waals surface area contributed by atoms with Crippen LogP contribution in [0.4, 0.5) is 66.7 Å². The third-order valence-corrected chi connectivity index (χ3v) is 17.3. The minimum Gasteiger partial charge on any atom is -0.505 e. The van der Waals surface area contributed by atoms with Gasteiger partial charge < -0.3 is 44.3 Å². The monoisotopic (exact) mass is 1310 g/mol. The first-order valence-corrected chi connectivity index (χ1v) is 32.5. The van der Waals surface area contributed by atoms with Gasteiger partial charge in [0.15, 0.2) is 11.5 Å². The summed E-state index contributed by atoms with van der Waals surface area (Å²) in [5.74, 6) is -0.655. The second-order valence-corrected chi connectivity index (χ2v) is 25.3. The van der Waals surface area contributed by atoms with Gasteiger partial charge in [-0.15, -0.1) is 15.3 Å².